The molecule has 0 atom stereocenters. The molecule has 1 heterocycles. The van der Waals surface area contributed by atoms with Gasteiger partial charge in [0.05, 0.1) is 19.8 Å². The van der Waals surface area contributed by atoms with Crippen LogP contribution >= 0.6 is 0 Å². The van der Waals surface area contributed by atoms with Gasteiger partial charge >= 0.3 is 0 Å². The number of fused-ring (bicyclic) bond motifs is 1. The van der Waals surface area contributed by atoms with E-state index >= 15 is 0 Å². The Morgan fingerprint density at radius 1 is 1.15 bits per heavy atom. The monoisotopic (exact) mass is 279 g/mol. The summed E-state index contributed by atoms with van der Waals surface area (Å²) in [6, 6.07) is 5.97. The molecule has 1 aliphatic heterocycles. The fraction of sp³-hybridized carbons (Fsp3) is 0.625. The van der Waals surface area contributed by atoms with Gasteiger partial charge in [0.25, 0.3) is 0 Å². The third-order valence-electron chi connectivity index (χ3n) is 3.16. The van der Waals surface area contributed by atoms with Gasteiger partial charge in [0, 0.05) is 31.3 Å². The summed E-state index contributed by atoms with van der Waals surface area (Å²) in [5.41, 5.74) is 1.04. The molecule has 0 unspecified atom stereocenters. The van der Waals surface area contributed by atoms with Gasteiger partial charge < -0.3 is 19.5 Å². The molecule has 0 radical (unpaired) electrons. The summed E-state index contributed by atoms with van der Waals surface area (Å²) in [4.78, 5) is 0. The molecule has 0 bridgehead atoms. The maximum Gasteiger partial charge on any atom is 0.163 e. The average Bonchev–Trinajstić information content (AvgIpc) is 2.67. The first-order chi connectivity index (χ1) is 9.75. The standard InChI is InChI=1S/C16H25NO3/c1-13(2)6-10-18-11-7-17-14-4-5-15-16(12-14)20-9-3-8-19-15/h4-5,12-13,17H,3,6-11H2,1-2H3. The molecule has 1 aromatic rings. The molecule has 0 fully saturated rings. The van der Waals surface area contributed by atoms with Crippen LogP contribution in [0.25, 0.3) is 0 Å². The minimum atomic E-state index is 0.699. The van der Waals surface area contributed by atoms with E-state index in [0.29, 0.717) is 5.92 Å². The van der Waals surface area contributed by atoms with E-state index < -0.39 is 0 Å². The number of rotatable bonds is 7. The maximum absolute atomic E-state index is 5.66. The van der Waals surface area contributed by atoms with Crippen molar-refractivity contribution in [3.05, 3.63) is 18.2 Å². The minimum absolute atomic E-state index is 0.699. The Labute approximate surface area is 121 Å². The third kappa shape index (κ3) is 4.93. The van der Waals surface area contributed by atoms with E-state index in [1.807, 2.05) is 18.2 Å². The molecule has 0 saturated carbocycles. The van der Waals surface area contributed by atoms with Crippen LogP contribution in [0.5, 0.6) is 11.5 Å². The van der Waals surface area contributed by atoms with Crippen molar-refractivity contribution < 1.29 is 14.2 Å². The Morgan fingerprint density at radius 2 is 1.95 bits per heavy atom. The predicted molar refractivity (Wildman–Crippen MR) is 80.8 cm³/mol. The van der Waals surface area contributed by atoms with E-state index in [4.69, 9.17) is 14.2 Å². The van der Waals surface area contributed by atoms with Gasteiger partial charge in [0.1, 0.15) is 0 Å². The second kappa shape index (κ2) is 8.00. The molecule has 4 heteroatoms. The lowest BCUT2D eigenvalue weighted by Crippen LogP contribution is -2.10. The Morgan fingerprint density at radius 3 is 2.75 bits per heavy atom. The van der Waals surface area contributed by atoms with Gasteiger partial charge in [0.2, 0.25) is 0 Å². The van der Waals surface area contributed by atoms with E-state index in [1.165, 1.54) is 0 Å². The molecular weight excluding hydrogens is 254 g/mol. The van der Waals surface area contributed by atoms with Crippen molar-refractivity contribution in [1.82, 2.24) is 0 Å². The Balaban J connectivity index is 1.72. The molecule has 0 amide bonds. The van der Waals surface area contributed by atoms with E-state index in [0.717, 1.165) is 63.0 Å². The van der Waals surface area contributed by atoms with E-state index in [2.05, 4.69) is 19.2 Å². The zero-order valence-corrected chi connectivity index (χ0v) is 12.5. The topological polar surface area (TPSA) is 39.7 Å². The summed E-state index contributed by atoms with van der Waals surface area (Å²) in [6.45, 7) is 8.22. The number of benzene rings is 1. The molecule has 0 aliphatic carbocycles. The van der Waals surface area contributed by atoms with Crippen LogP contribution in [-0.4, -0.2) is 33.0 Å². The summed E-state index contributed by atoms with van der Waals surface area (Å²) >= 11 is 0. The molecule has 20 heavy (non-hydrogen) atoms. The summed E-state index contributed by atoms with van der Waals surface area (Å²) in [5, 5.41) is 3.34. The Kier molecular flexibility index (Phi) is 5.99. The molecule has 0 spiro atoms. The number of ether oxygens (including phenoxy) is 3. The van der Waals surface area contributed by atoms with E-state index in [9.17, 15) is 0 Å². The molecule has 1 aliphatic rings. The lowest BCUT2D eigenvalue weighted by atomic mass is 10.1. The van der Waals surface area contributed by atoms with Crippen molar-refractivity contribution in [3.8, 4) is 11.5 Å². The highest BCUT2D eigenvalue weighted by Gasteiger charge is 2.10. The van der Waals surface area contributed by atoms with Crippen LogP contribution in [0.2, 0.25) is 0 Å². The fourth-order valence-electron chi connectivity index (χ4n) is 1.96. The van der Waals surface area contributed by atoms with Crippen molar-refractivity contribution in [1.29, 1.82) is 0 Å². The van der Waals surface area contributed by atoms with Crippen LogP contribution in [0.4, 0.5) is 5.69 Å². The largest absolute Gasteiger partial charge is 0.490 e. The summed E-state index contributed by atoms with van der Waals surface area (Å²) in [6.07, 6.45) is 2.05. The zero-order chi connectivity index (χ0) is 14.2. The molecule has 0 saturated heterocycles. The van der Waals surface area contributed by atoms with Gasteiger partial charge in [-0.3, -0.25) is 0 Å². The van der Waals surface area contributed by atoms with Crippen LogP contribution in [0, 0.1) is 5.92 Å². The first kappa shape index (κ1) is 15.0. The molecule has 1 N–H and O–H groups in total. The molecule has 4 nitrogen and oxygen atoms in total. The molecule has 2 rings (SSSR count). The van der Waals surface area contributed by atoms with Crippen LogP contribution in [0.3, 0.4) is 0 Å². The number of hydrogen-bond acceptors (Lipinski definition) is 4. The molecule has 0 aromatic heterocycles. The lowest BCUT2D eigenvalue weighted by molar-refractivity contribution is 0.132. The summed E-state index contributed by atoms with van der Waals surface area (Å²) in [7, 11) is 0. The number of nitrogens with one attached hydrogen (secondary N) is 1. The Hall–Kier alpha value is -1.42. The van der Waals surface area contributed by atoms with Crippen molar-refractivity contribution >= 4 is 5.69 Å². The fourth-order valence-corrected chi connectivity index (χ4v) is 1.96. The smallest absolute Gasteiger partial charge is 0.163 e. The van der Waals surface area contributed by atoms with E-state index in [1.54, 1.807) is 0 Å². The van der Waals surface area contributed by atoms with Gasteiger partial charge in [-0.15, -0.1) is 0 Å². The predicted octanol–water partition coefficient (Wildman–Crippen LogP) is 3.32. The van der Waals surface area contributed by atoms with Crippen molar-refractivity contribution in [3.63, 3.8) is 0 Å². The van der Waals surface area contributed by atoms with Gasteiger partial charge in [-0.05, 0) is 24.5 Å². The van der Waals surface area contributed by atoms with Gasteiger partial charge in [0.15, 0.2) is 11.5 Å². The lowest BCUT2D eigenvalue weighted by Gasteiger charge is -2.11. The second-order valence-corrected chi connectivity index (χ2v) is 5.43. The first-order valence-corrected chi connectivity index (χ1v) is 7.47. The zero-order valence-electron chi connectivity index (χ0n) is 12.5. The summed E-state index contributed by atoms with van der Waals surface area (Å²) < 4.78 is 16.9. The second-order valence-electron chi connectivity index (χ2n) is 5.43. The highest BCUT2D eigenvalue weighted by molar-refractivity contribution is 5.54. The number of hydrogen-bond donors (Lipinski definition) is 1. The average molecular weight is 279 g/mol. The highest BCUT2D eigenvalue weighted by Crippen LogP contribution is 2.32. The third-order valence-corrected chi connectivity index (χ3v) is 3.16. The van der Waals surface area contributed by atoms with Crippen molar-refractivity contribution in [2.75, 3.05) is 38.3 Å². The van der Waals surface area contributed by atoms with Gasteiger partial charge in [-0.25, -0.2) is 0 Å². The first-order valence-electron chi connectivity index (χ1n) is 7.47. The van der Waals surface area contributed by atoms with Crippen molar-refractivity contribution in [2.24, 2.45) is 5.92 Å². The quantitative estimate of drug-likeness (QED) is 0.777. The van der Waals surface area contributed by atoms with Gasteiger partial charge in [-0.1, -0.05) is 13.8 Å². The normalized spacial score (nSPS) is 14.2. The van der Waals surface area contributed by atoms with Crippen LogP contribution in [0.1, 0.15) is 26.7 Å². The number of anilines is 1. The Bertz CT molecular complexity index is 407. The van der Waals surface area contributed by atoms with Crippen LogP contribution in [0.15, 0.2) is 18.2 Å². The van der Waals surface area contributed by atoms with Crippen molar-refractivity contribution in [2.45, 2.75) is 26.7 Å². The molecular formula is C16H25NO3. The van der Waals surface area contributed by atoms with Crippen LogP contribution < -0.4 is 14.8 Å². The van der Waals surface area contributed by atoms with Gasteiger partial charge in [-0.2, -0.15) is 0 Å². The molecule has 112 valence electrons. The van der Waals surface area contributed by atoms with E-state index in [-0.39, 0.29) is 0 Å². The summed E-state index contributed by atoms with van der Waals surface area (Å²) in [5.74, 6) is 2.36. The molecule has 1 aromatic carbocycles. The minimum Gasteiger partial charge on any atom is -0.490 e. The highest BCUT2D eigenvalue weighted by atomic mass is 16.5. The van der Waals surface area contributed by atoms with Crippen LogP contribution in [-0.2, 0) is 4.74 Å². The maximum atomic E-state index is 5.66. The SMILES string of the molecule is CC(C)CCOCCNc1ccc2c(c1)OCCCO2.